The lowest BCUT2D eigenvalue weighted by atomic mass is 9.89. The molecule has 4 nitrogen and oxygen atoms in total. The first-order chi connectivity index (χ1) is 7.33. The summed E-state index contributed by atoms with van der Waals surface area (Å²) >= 11 is 0. The molecule has 1 aliphatic rings. The van der Waals surface area contributed by atoms with Crippen LogP contribution >= 0.6 is 0 Å². The molecule has 0 amide bonds. The van der Waals surface area contributed by atoms with Gasteiger partial charge in [-0.05, 0) is 40.7 Å². The normalized spacial score (nSPS) is 28.0. The van der Waals surface area contributed by atoms with Gasteiger partial charge in [-0.25, -0.2) is 0 Å². The van der Waals surface area contributed by atoms with E-state index in [9.17, 15) is 4.79 Å². The van der Waals surface area contributed by atoms with Crippen LogP contribution in [0.3, 0.4) is 0 Å². The van der Waals surface area contributed by atoms with Gasteiger partial charge in [0.25, 0.3) is 0 Å². The highest BCUT2D eigenvalue weighted by atomic mass is 16.5. The Bertz CT molecular complexity index is 253. The molecule has 0 aromatic heterocycles. The van der Waals surface area contributed by atoms with E-state index in [0.29, 0.717) is 12.5 Å². The van der Waals surface area contributed by atoms with E-state index >= 15 is 0 Å². The highest BCUT2D eigenvalue weighted by molar-refractivity contribution is 5.73. The summed E-state index contributed by atoms with van der Waals surface area (Å²) in [6.45, 7) is 10.2. The van der Waals surface area contributed by atoms with E-state index in [2.05, 4.69) is 18.7 Å². The van der Waals surface area contributed by atoms with Crippen molar-refractivity contribution in [2.45, 2.75) is 46.3 Å². The van der Waals surface area contributed by atoms with E-state index < -0.39 is 11.4 Å². The van der Waals surface area contributed by atoms with E-state index in [4.69, 9.17) is 9.84 Å². The standard InChI is InChI=1S/C12H23NO3/c1-9-8-16-10(2)7-13(9)6-5-12(3,4)11(14)15/h9-10H,5-8H2,1-4H3,(H,14,15). The molecule has 94 valence electrons. The van der Waals surface area contributed by atoms with Gasteiger partial charge in [-0.1, -0.05) is 0 Å². The fraction of sp³-hybridized carbons (Fsp3) is 0.917. The maximum atomic E-state index is 11.0. The first-order valence-corrected chi connectivity index (χ1v) is 5.92. The van der Waals surface area contributed by atoms with Crippen molar-refractivity contribution in [2.75, 3.05) is 19.7 Å². The van der Waals surface area contributed by atoms with Crippen molar-refractivity contribution < 1.29 is 14.6 Å². The molecule has 0 aromatic rings. The van der Waals surface area contributed by atoms with Gasteiger partial charge in [0.1, 0.15) is 0 Å². The Labute approximate surface area is 97.6 Å². The van der Waals surface area contributed by atoms with Crippen molar-refractivity contribution >= 4 is 5.97 Å². The Morgan fingerprint density at radius 3 is 2.69 bits per heavy atom. The number of hydrogen-bond acceptors (Lipinski definition) is 3. The smallest absolute Gasteiger partial charge is 0.309 e. The summed E-state index contributed by atoms with van der Waals surface area (Å²) in [4.78, 5) is 13.3. The maximum absolute atomic E-state index is 11.0. The minimum atomic E-state index is -0.721. The molecule has 4 heteroatoms. The summed E-state index contributed by atoms with van der Waals surface area (Å²) < 4.78 is 5.54. The van der Waals surface area contributed by atoms with Crippen LogP contribution in [0.2, 0.25) is 0 Å². The Hall–Kier alpha value is -0.610. The fourth-order valence-electron chi connectivity index (χ4n) is 1.81. The largest absolute Gasteiger partial charge is 0.481 e. The number of morpholine rings is 1. The van der Waals surface area contributed by atoms with Gasteiger partial charge in [0.15, 0.2) is 0 Å². The van der Waals surface area contributed by atoms with Crippen LogP contribution in [0, 0.1) is 5.41 Å². The number of carbonyl (C=O) groups is 1. The highest BCUT2D eigenvalue weighted by Gasteiger charge is 2.30. The molecule has 0 aromatic carbocycles. The first-order valence-electron chi connectivity index (χ1n) is 5.92. The van der Waals surface area contributed by atoms with Crippen LogP contribution < -0.4 is 0 Å². The van der Waals surface area contributed by atoms with Gasteiger partial charge >= 0.3 is 5.97 Å². The van der Waals surface area contributed by atoms with Crippen molar-refractivity contribution in [3.8, 4) is 0 Å². The quantitative estimate of drug-likeness (QED) is 0.795. The molecule has 0 radical (unpaired) electrons. The number of carboxylic acids is 1. The van der Waals surface area contributed by atoms with Crippen molar-refractivity contribution in [1.29, 1.82) is 0 Å². The van der Waals surface area contributed by atoms with Crippen molar-refractivity contribution in [2.24, 2.45) is 5.41 Å². The predicted molar refractivity (Wildman–Crippen MR) is 62.5 cm³/mol. The lowest BCUT2D eigenvalue weighted by Gasteiger charge is -2.38. The highest BCUT2D eigenvalue weighted by Crippen LogP contribution is 2.22. The minimum absolute atomic E-state index is 0.254. The van der Waals surface area contributed by atoms with Crippen molar-refractivity contribution in [3.63, 3.8) is 0 Å². The minimum Gasteiger partial charge on any atom is -0.481 e. The molecule has 2 unspecified atom stereocenters. The molecule has 0 saturated carbocycles. The summed E-state index contributed by atoms with van der Waals surface area (Å²) in [6, 6.07) is 0.390. The average molecular weight is 229 g/mol. The molecule has 1 aliphatic heterocycles. The van der Waals surface area contributed by atoms with Crippen molar-refractivity contribution in [3.05, 3.63) is 0 Å². The van der Waals surface area contributed by atoms with Gasteiger partial charge in [-0.3, -0.25) is 9.69 Å². The summed E-state index contributed by atoms with van der Waals surface area (Å²) in [6.07, 6.45) is 0.934. The van der Waals surface area contributed by atoms with E-state index in [-0.39, 0.29) is 6.10 Å². The molecule has 1 heterocycles. The molecule has 1 N–H and O–H groups in total. The van der Waals surface area contributed by atoms with E-state index in [1.807, 2.05) is 0 Å². The zero-order valence-corrected chi connectivity index (χ0v) is 10.7. The topological polar surface area (TPSA) is 49.8 Å². The van der Waals surface area contributed by atoms with Gasteiger partial charge < -0.3 is 9.84 Å². The van der Waals surface area contributed by atoms with E-state index in [1.165, 1.54) is 0 Å². The SMILES string of the molecule is CC1CN(CCC(C)(C)C(=O)O)C(C)CO1. The third-order valence-electron chi connectivity index (χ3n) is 3.34. The van der Waals surface area contributed by atoms with Gasteiger partial charge in [-0.2, -0.15) is 0 Å². The summed E-state index contributed by atoms with van der Waals surface area (Å²) in [7, 11) is 0. The predicted octanol–water partition coefficient (Wildman–Crippen LogP) is 1.60. The second-order valence-corrected chi connectivity index (χ2v) is 5.43. The molecular formula is C12H23NO3. The average Bonchev–Trinajstić information content (AvgIpc) is 2.19. The molecule has 0 spiro atoms. The molecule has 1 saturated heterocycles. The van der Waals surface area contributed by atoms with Gasteiger partial charge in [-0.15, -0.1) is 0 Å². The first kappa shape index (κ1) is 13.5. The van der Waals surface area contributed by atoms with Crippen LogP contribution in [0.5, 0.6) is 0 Å². The van der Waals surface area contributed by atoms with Crippen LogP contribution in [-0.4, -0.2) is 47.8 Å². The zero-order valence-electron chi connectivity index (χ0n) is 10.7. The number of carboxylic acid groups (broad SMARTS) is 1. The van der Waals surface area contributed by atoms with Crippen molar-refractivity contribution in [1.82, 2.24) is 4.90 Å². The van der Waals surface area contributed by atoms with Crippen LogP contribution in [0.1, 0.15) is 34.1 Å². The van der Waals surface area contributed by atoms with Crippen LogP contribution in [-0.2, 0) is 9.53 Å². The molecule has 2 atom stereocenters. The zero-order chi connectivity index (χ0) is 12.3. The van der Waals surface area contributed by atoms with Gasteiger partial charge in [0.05, 0.1) is 18.1 Å². The number of hydrogen-bond donors (Lipinski definition) is 1. The Morgan fingerprint density at radius 1 is 1.50 bits per heavy atom. The lowest BCUT2D eigenvalue weighted by molar-refractivity contribution is -0.147. The monoisotopic (exact) mass is 229 g/mol. The summed E-state index contributed by atoms with van der Waals surface area (Å²) in [5, 5.41) is 9.05. The molecule has 1 rings (SSSR count). The fourth-order valence-corrected chi connectivity index (χ4v) is 1.81. The van der Waals surface area contributed by atoms with Crippen LogP contribution in [0.15, 0.2) is 0 Å². The Morgan fingerprint density at radius 2 is 2.12 bits per heavy atom. The molecule has 0 bridgehead atoms. The maximum Gasteiger partial charge on any atom is 0.309 e. The van der Waals surface area contributed by atoms with E-state index in [1.54, 1.807) is 13.8 Å². The Balaban J connectivity index is 2.44. The molecular weight excluding hydrogens is 206 g/mol. The van der Waals surface area contributed by atoms with Crippen LogP contribution in [0.4, 0.5) is 0 Å². The third kappa shape index (κ3) is 3.46. The Kier molecular flexibility index (Phi) is 4.33. The van der Waals surface area contributed by atoms with Gasteiger partial charge in [0, 0.05) is 12.6 Å². The number of rotatable bonds is 4. The number of aliphatic carboxylic acids is 1. The summed E-state index contributed by atoms with van der Waals surface area (Å²) in [5.74, 6) is -0.721. The second-order valence-electron chi connectivity index (χ2n) is 5.43. The number of nitrogens with zero attached hydrogens (tertiary/aromatic N) is 1. The molecule has 1 fully saturated rings. The number of ether oxygens (including phenoxy) is 1. The molecule has 0 aliphatic carbocycles. The van der Waals surface area contributed by atoms with Gasteiger partial charge in [0.2, 0.25) is 0 Å². The lowest BCUT2D eigenvalue weighted by Crippen LogP contribution is -2.48. The summed E-state index contributed by atoms with van der Waals surface area (Å²) in [5.41, 5.74) is -0.638. The van der Waals surface area contributed by atoms with Crippen LogP contribution in [0.25, 0.3) is 0 Å². The second kappa shape index (κ2) is 5.15. The molecule has 16 heavy (non-hydrogen) atoms. The third-order valence-corrected chi connectivity index (χ3v) is 3.34. The van der Waals surface area contributed by atoms with E-state index in [0.717, 1.165) is 19.7 Å².